The maximum absolute atomic E-state index is 12.7. The van der Waals surface area contributed by atoms with Crippen LogP contribution in [0.5, 0.6) is 0 Å². The molecule has 0 bridgehead atoms. The molecule has 7 nitrogen and oxygen atoms in total. The van der Waals surface area contributed by atoms with E-state index in [1.807, 2.05) is 35.0 Å². The molecule has 122 valence electrons. The van der Waals surface area contributed by atoms with Crippen molar-refractivity contribution in [1.82, 2.24) is 29.2 Å². The van der Waals surface area contributed by atoms with Crippen molar-refractivity contribution < 1.29 is 4.79 Å². The van der Waals surface area contributed by atoms with E-state index < -0.39 is 0 Å². The van der Waals surface area contributed by atoms with Crippen LogP contribution < -0.4 is 0 Å². The van der Waals surface area contributed by atoms with Gasteiger partial charge >= 0.3 is 0 Å². The summed E-state index contributed by atoms with van der Waals surface area (Å²) in [7, 11) is 0. The van der Waals surface area contributed by atoms with E-state index in [0.717, 1.165) is 18.1 Å². The van der Waals surface area contributed by atoms with E-state index in [2.05, 4.69) is 19.6 Å². The molecule has 7 heteroatoms. The maximum Gasteiger partial charge on any atom is 0.256 e. The second-order valence-electron chi connectivity index (χ2n) is 5.88. The minimum Gasteiger partial charge on any atom is -0.327 e. The smallest absolute Gasteiger partial charge is 0.256 e. The number of carbonyl (C=O) groups excluding carboxylic acids is 1. The number of imidazole rings is 1. The van der Waals surface area contributed by atoms with Crippen molar-refractivity contribution in [2.75, 3.05) is 6.54 Å². The van der Waals surface area contributed by atoms with Crippen LogP contribution in [0.3, 0.4) is 0 Å². The highest BCUT2D eigenvalue weighted by Gasteiger charge is 2.30. The highest BCUT2D eigenvalue weighted by molar-refractivity contribution is 5.94. The monoisotopic (exact) mass is 322 g/mol. The van der Waals surface area contributed by atoms with E-state index in [-0.39, 0.29) is 11.9 Å². The van der Waals surface area contributed by atoms with E-state index in [9.17, 15) is 4.79 Å². The van der Waals surface area contributed by atoms with Crippen molar-refractivity contribution in [2.45, 2.75) is 26.1 Å². The Bertz CT molecular complexity index is 839. The highest BCUT2D eigenvalue weighted by atomic mass is 16.2. The van der Waals surface area contributed by atoms with Crippen LogP contribution in [-0.2, 0) is 13.1 Å². The molecular formula is C17H18N6O. The van der Waals surface area contributed by atoms with Crippen molar-refractivity contribution in [3.63, 3.8) is 0 Å². The predicted molar refractivity (Wildman–Crippen MR) is 87.2 cm³/mol. The summed E-state index contributed by atoms with van der Waals surface area (Å²) in [6.07, 6.45) is 8.87. The van der Waals surface area contributed by atoms with Gasteiger partial charge < -0.3 is 9.47 Å². The number of fused-ring (bicyclic) bond motifs is 1. The lowest BCUT2D eigenvalue weighted by Gasteiger charge is -2.34. The first kappa shape index (κ1) is 14.6. The van der Waals surface area contributed by atoms with Gasteiger partial charge in [-0.3, -0.25) is 14.5 Å². The molecule has 4 heterocycles. The van der Waals surface area contributed by atoms with Crippen LogP contribution in [0.2, 0.25) is 0 Å². The summed E-state index contributed by atoms with van der Waals surface area (Å²) in [4.78, 5) is 23.2. The van der Waals surface area contributed by atoms with Gasteiger partial charge in [0.1, 0.15) is 5.82 Å². The normalized spacial score (nSPS) is 16.9. The summed E-state index contributed by atoms with van der Waals surface area (Å²) in [5.41, 5.74) is 1.72. The molecule has 0 spiro atoms. The molecule has 1 unspecified atom stereocenters. The molecule has 24 heavy (non-hydrogen) atoms. The number of nitrogens with zero attached hydrogens (tertiary/aromatic N) is 6. The van der Waals surface area contributed by atoms with Crippen molar-refractivity contribution in [1.29, 1.82) is 0 Å². The number of hydrogen-bond donors (Lipinski definition) is 0. The van der Waals surface area contributed by atoms with E-state index in [0.29, 0.717) is 18.7 Å². The van der Waals surface area contributed by atoms with Crippen LogP contribution in [0.1, 0.15) is 34.8 Å². The fourth-order valence-electron chi connectivity index (χ4n) is 3.18. The first-order valence-corrected chi connectivity index (χ1v) is 7.97. The zero-order chi connectivity index (χ0) is 16.5. The molecule has 0 aliphatic carbocycles. The van der Waals surface area contributed by atoms with E-state index >= 15 is 0 Å². The Morgan fingerprint density at radius 3 is 2.92 bits per heavy atom. The number of amides is 1. The molecule has 0 N–H and O–H groups in total. The van der Waals surface area contributed by atoms with E-state index in [1.165, 1.54) is 0 Å². The third-order valence-electron chi connectivity index (χ3n) is 4.43. The molecule has 3 aromatic rings. The molecule has 0 aromatic carbocycles. The van der Waals surface area contributed by atoms with Crippen LogP contribution in [0, 0.1) is 0 Å². The average Bonchev–Trinajstić information content (AvgIpc) is 3.27. The van der Waals surface area contributed by atoms with E-state index in [1.54, 1.807) is 30.7 Å². The molecular weight excluding hydrogens is 304 g/mol. The van der Waals surface area contributed by atoms with Gasteiger partial charge in [0.05, 0.1) is 30.0 Å². The first-order chi connectivity index (χ1) is 11.7. The molecule has 0 fully saturated rings. The number of aromatic nitrogens is 5. The summed E-state index contributed by atoms with van der Waals surface area (Å²) >= 11 is 0. The molecule has 1 atom stereocenters. The fraction of sp³-hybridized carbons (Fsp3) is 0.294. The largest absolute Gasteiger partial charge is 0.327 e. The Kier molecular flexibility index (Phi) is 3.60. The van der Waals surface area contributed by atoms with Gasteiger partial charge in [-0.2, -0.15) is 5.10 Å². The maximum atomic E-state index is 12.7. The Labute approximate surface area is 139 Å². The number of rotatable bonds is 3. The molecule has 0 saturated heterocycles. The predicted octanol–water partition coefficient (Wildman–Crippen LogP) is 1.74. The summed E-state index contributed by atoms with van der Waals surface area (Å²) in [6.45, 7) is 4.10. The van der Waals surface area contributed by atoms with Gasteiger partial charge in [-0.1, -0.05) is 0 Å². The number of pyridine rings is 1. The van der Waals surface area contributed by atoms with Crippen molar-refractivity contribution in [3.8, 4) is 0 Å². The van der Waals surface area contributed by atoms with Crippen LogP contribution in [0.15, 0.2) is 49.2 Å². The minimum atomic E-state index is -0.0715. The number of hydrogen-bond acceptors (Lipinski definition) is 4. The van der Waals surface area contributed by atoms with Gasteiger partial charge in [0.25, 0.3) is 5.91 Å². The summed E-state index contributed by atoms with van der Waals surface area (Å²) < 4.78 is 4.07. The Morgan fingerprint density at radius 1 is 1.25 bits per heavy atom. The SMILES string of the molecule is CC1c2ncc(Cn3cccn3)n2CCN1C(=O)c1cccnc1. The van der Waals surface area contributed by atoms with Crippen molar-refractivity contribution in [3.05, 3.63) is 66.3 Å². The molecule has 1 aliphatic rings. The molecule has 0 radical (unpaired) electrons. The Hall–Kier alpha value is -2.96. The molecule has 1 aliphatic heterocycles. The standard InChI is InChI=1S/C17H18N6O/c1-13-16-19-11-15(12-21-7-3-6-20-21)23(16)9-8-22(13)17(24)14-4-2-5-18-10-14/h2-7,10-11,13H,8-9,12H2,1H3. The lowest BCUT2D eigenvalue weighted by molar-refractivity contribution is 0.0635. The highest BCUT2D eigenvalue weighted by Crippen LogP contribution is 2.27. The van der Waals surface area contributed by atoms with Crippen molar-refractivity contribution >= 4 is 5.91 Å². The van der Waals surface area contributed by atoms with Crippen LogP contribution >= 0.6 is 0 Å². The van der Waals surface area contributed by atoms with Gasteiger partial charge in [0.2, 0.25) is 0 Å². The second kappa shape index (κ2) is 5.92. The van der Waals surface area contributed by atoms with Gasteiger partial charge in [-0.05, 0) is 25.1 Å². The molecule has 3 aromatic heterocycles. The van der Waals surface area contributed by atoms with Crippen molar-refractivity contribution in [2.24, 2.45) is 0 Å². The Morgan fingerprint density at radius 2 is 2.17 bits per heavy atom. The lowest BCUT2D eigenvalue weighted by atomic mass is 10.1. The third-order valence-corrected chi connectivity index (χ3v) is 4.43. The van der Waals surface area contributed by atoms with Crippen LogP contribution in [-0.4, -0.2) is 41.7 Å². The minimum absolute atomic E-state index is 0.00141. The summed E-state index contributed by atoms with van der Waals surface area (Å²) in [6, 6.07) is 5.42. The molecule has 4 rings (SSSR count). The van der Waals surface area contributed by atoms with Crippen LogP contribution in [0.4, 0.5) is 0 Å². The quantitative estimate of drug-likeness (QED) is 0.736. The topological polar surface area (TPSA) is 68.8 Å². The molecule has 0 saturated carbocycles. The first-order valence-electron chi connectivity index (χ1n) is 7.97. The van der Waals surface area contributed by atoms with Crippen LogP contribution in [0.25, 0.3) is 0 Å². The molecule has 1 amide bonds. The second-order valence-corrected chi connectivity index (χ2v) is 5.88. The zero-order valence-corrected chi connectivity index (χ0v) is 13.4. The van der Waals surface area contributed by atoms with Gasteiger partial charge in [-0.25, -0.2) is 4.98 Å². The van der Waals surface area contributed by atoms with Gasteiger partial charge in [-0.15, -0.1) is 0 Å². The third kappa shape index (κ3) is 2.47. The average molecular weight is 322 g/mol. The summed E-state index contributed by atoms with van der Waals surface area (Å²) in [5.74, 6) is 0.916. The van der Waals surface area contributed by atoms with Gasteiger partial charge in [0, 0.05) is 37.9 Å². The Balaban J connectivity index is 1.58. The fourth-order valence-corrected chi connectivity index (χ4v) is 3.18. The lowest BCUT2D eigenvalue weighted by Crippen LogP contribution is -2.41. The zero-order valence-electron chi connectivity index (χ0n) is 13.4. The van der Waals surface area contributed by atoms with E-state index in [4.69, 9.17) is 0 Å². The van der Waals surface area contributed by atoms with Gasteiger partial charge in [0.15, 0.2) is 0 Å². The number of carbonyl (C=O) groups is 1. The summed E-state index contributed by atoms with van der Waals surface area (Å²) in [5, 5.41) is 4.25.